The Morgan fingerprint density at radius 3 is 2.74 bits per heavy atom. The van der Waals surface area contributed by atoms with Gasteiger partial charge in [-0.2, -0.15) is 0 Å². The lowest BCUT2D eigenvalue weighted by Crippen LogP contribution is -2.05. The summed E-state index contributed by atoms with van der Waals surface area (Å²) in [5.41, 5.74) is 2.50. The average Bonchev–Trinajstić information content (AvgIpc) is 2.45. The molecule has 0 heterocycles. The molecule has 2 rings (SSSR count). The van der Waals surface area contributed by atoms with Gasteiger partial charge in [-0.05, 0) is 36.8 Å². The molecule has 0 aliphatic carbocycles. The molecular weight excluding hydrogens is 254 g/mol. The van der Waals surface area contributed by atoms with Gasteiger partial charge < -0.3 is 10.1 Å². The minimum Gasteiger partial charge on any atom is -0.497 e. The first kappa shape index (κ1) is 13.8. The van der Waals surface area contributed by atoms with Gasteiger partial charge in [0.15, 0.2) is 0 Å². The molecule has 0 atom stereocenters. The van der Waals surface area contributed by atoms with E-state index in [9.17, 15) is 0 Å². The van der Waals surface area contributed by atoms with Crippen LogP contribution < -0.4 is 10.1 Å². The number of anilines is 1. The van der Waals surface area contributed by atoms with Gasteiger partial charge >= 0.3 is 0 Å². The summed E-state index contributed by atoms with van der Waals surface area (Å²) in [5, 5.41) is 3.46. The Morgan fingerprint density at radius 1 is 1.11 bits per heavy atom. The van der Waals surface area contributed by atoms with Gasteiger partial charge in [0.25, 0.3) is 0 Å². The molecule has 100 valence electrons. The first-order chi connectivity index (χ1) is 9.29. The number of methoxy groups -OCH3 is 1. The second-order valence-corrected chi connectivity index (χ2v) is 5.44. The highest BCUT2D eigenvalue weighted by Crippen LogP contribution is 2.22. The van der Waals surface area contributed by atoms with E-state index in [1.807, 2.05) is 23.9 Å². The molecule has 0 saturated carbocycles. The number of para-hydroxylation sites is 1. The van der Waals surface area contributed by atoms with Gasteiger partial charge in [-0.25, -0.2) is 0 Å². The second kappa shape index (κ2) is 7.10. The summed E-state index contributed by atoms with van der Waals surface area (Å²) in [5.74, 6) is 1.94. The van der Waals surface area contributed by atoms with Crippen molar-refractivity contribution in [2.45, 2.75) is 11.8 Å². The molecule has 0 unspecified atom stereocenters. The molecule has 0 spiro atoms. The first-order valence-corrected chi connectivity index (χ1v) is 7.34. The topological polar surface area (TPSA) is 21.3 Å². The van der Waals surface area contributed by atoms with Crippen LogP contribution in [0, 0.1) is 6.92 Å². The van der Waals surface area contributed by atoms with E-state index in [2.05, 4.69) is 48.6 Å². The molecule has 0 fully saturated rings. The Bertz CT molecular complexity index is 528. The standard InChI is InChI=1S/C16H19NOS/c1-13-6-3-4-9-16(13)17-10-11-19-15-8-5-7-14(12-15)18-2/h3-9,12,17H,10-11H2,1-2H3. The summed E-state index contributed by atoms with van der Waals surface area (Å²) in [7, 11) is 1.70. The summed E-state index contributed by atoms with van der Waals surface area (Å²) < 4.78 is 5.22. The first-order valence-electron chi connectivity index (χ1n) is 6.36. The van der Waals surface area contributed by atoms with Gasteiger partial charge in [0.1, 0.15) is 5.75 Å². The van der Waals surface area contributed by atoms with Gasteiger partial charge in [0.05, 0.1) is 7.11 Å². The maximum Gasteiger partial charge on any atom is 0.119 e. The van der Waals surface area contributed by atoms with E-state index >= 15 is 0 Å². The van der Waals surface area contributed by atoms with E-state index < -0.39 is 0 Å². The molecule has 0 aromatic heterocycles. The summed E-state index contributed by atoms with van der Waals surface area (Å²) >= 11 is 1.83. The number of hydrogen-bond acceptors (Lipinski definition) is 3. The zero-order valence-electron chi connectivity index (χ0n) is 11.3. The third-order valence-corrected chi connectivity index (χ3v) is 3.87. The van der Waals surface area contributed by atoms with E-state index in [-0.39, 0.29) is 0 Å². The largest absolute Gasteiger partial charge is 0.497 e. The predicted octanol–water partition coefficient (Wildman–Crippen LogP) is 4.21. The normalized spacial score (nSPS) is 10.2. The van der Waals surface area contributed by atoms with Crippen LogP contribution in [-0.2, 0) is 0 Å². The average molecular weight is 273 g/mol. The third-order valence-electron chi connectivity index (χ3n) is 2.87. The number of ether oxygens (including phenoxy) is 1. The number of aryl methyl sites for hydroxylation is 1. The zero-order chi connectivity index (χ0) is 13.5. The van der Waals surface area contributed by atoms with Crippen LogP contribution in [-0.4, -0.2) is 19.4 Å². The van der Waals surface area contributed by atoms with Crippen LogP contribution in [0.4, 0.5) is 5.69 Å². The summed E-state index contributed by atoms with van der Waals surface area (Å²) in [6.45, 7) is 3.07. The quantitative estimate of drug-likeness (QED) is 0.629. The molecule has 0 saturated heterocycles. The molecule has 0 amide bonds. The lowest BCUT2D eigenvalue weighted by atomic mass is 10.2. The van der Waals surface area contributed by atoms with Crippen molar-refractivity contribution in [3.8, 4) is 5.75 Å². The number of benzene rings is 2. The zero-order valence-corrected chi connectivity index (χ0v) is 12.2. The maximum absolute atomic E-state index is 5.22. The number of thioether (sulfide) groups is 1. The summed E-state index contributed by atoms with van der Waals surface area (Å²) in [6.07, 6.45) is 0. The highest BCUT2D eigenvalue weighted by Gasteiger charge is 1.98. The van der Waals surface area contributed by atoms with E-state index in [0.29, 0.717) is 0 Å². The Balaban J connectivity index is 1.79. The van der Waals surface area contributed by atoms with Gasteiger partial charge in [0, 0.05) is 22.9 Å². The minimum absolute atomic E-state index is 0.914. The molecule has 0 aliphatic heterocycles. The highest BCUT2D eigenvalue weighted by atomic mass is 32.2. The van der Waals surface area contributed by atoms with Gasteiger partial charge in [-0.15, -0.1) is 11.8 Å². The lowest BCUT2D eigenvalue weighted by molar-refractivity contribution is 0.413. The van der Waals surface area contributed by atoms with Crippen LogP contribution in [0.25, 0.3) is 0 Å². The maximum atomic E-state index is 5.22. The smallest absolute Gasteiger partial charge is 0.119 e. The molecule has 0 radical (unpaired) electrons. The van der Waals surface area contributed by atoms with Crippen molar-refractivity contribution in [1.29, 1.82) is 0 Å². The number of hydrogen-bond donors (Lipinski definition) is 1. The van der Waals surface area contributed by atoms with Crippen LogP contribution in [0.1, 0.15) is 5.56 Å². The van der Waals surface area contributed by atoms with Crippen molar-refractivity contribution in [3.63, 3.8) is 0 Å². The molecule has 2 aromatic carbocycles. The van der Waals surface area contributed by atoms with Crippen LogP contribution in [0.15, 0.2) is 53.4 Å². The fourth-order valence-electron chi connectivity index (χ4n) is 1.82. The van der Waals surface area contributed by atoms with Gasteiger partial charge in [-0.1, -0.05) is 24.3 Å². The predicted molar refractivity (Wildman–Crippen MR) is 83.4 cm³/mol. The van der Waals surface area contributed by atoms with Crippen molar-refractivity contribution in [3.05, 3.63) is 54.1 Å². The van der Waals surface area contributed by atoms with Crippen molar-refractivity contribution < 1.29 is 4.74 Å². The van der Waals surface area contributed by atoms with E-state index in [1.165, 1.54) is 16.1 Å². The van der Waals surface area contributed by atoms with Crippen LogP contribution in [0.2, 0.25) is 0 Å². The van der Waals surface area contributed by atoms with Crippen LogP contribution in [0.5, 0.6) is 5.75 Å². The Morgan fingerprint density at radius 2 is 1.95 bits per heavy atom. The Kier molecular flexibility index (Phi) is 5.16. The van der Waals surface area contributed by atoms with Gasteiger partial charge in [0.2, 0.25) is 0 Å². The van der Waals surface area contributed by atoms with E-state index in [1.54, 1.807) is 7.11 Å². The molecule has 19 heavy (non-hydrogen) atoms. The van der Waals surface area contributed by atoms with Gasteiger partial charge in [-0.3, -0.25) is 0 Å². The van der Waals surface area contributed by atoms with Crippen LogP contribution in [0.3, 0.4) is 0 Å². The minimum atomic E-state index is 0.914. The summed E-state index contributed by atoms with van der Waals surface area (Å²) in [6, 6.07) is 16.5. The van der Waals surface area contributed by atoms with E-state index in [0.717, 1.165) is 18.0 Å². The van der Waals surface area contributed by atoms with Crippen molar-refractivity contribution >= 4 is 17.4 Å². The van der Waals surface area contributed by atoms with Crippen LogP contribution >= 0.6 is 11.8 Å². The molecule has 0 aliphatic rings. The highest BCUT2D eigenvalue weighted by molar-refractivity contribution is 7.99. The van der Waals surface area contributed by atoms with Crippen molar-refractivity contribution in [1.82, 2.24) is 0 Å². The molecule has 1 N–H and O–H groups in total. The number of nitrogens with one attached hydrogen (secondary N) is 1. The van der Waals surface area contributed by atoms with E-state index in [4.69, 9.17) is 4.74 Å². The Labute approximate surface area is 119 Å². The molecule has 2 nitrogen and oxygen atoms in total. The fourth-order valence-corrected chi connectivity index (χ4v) is 2.63. The Hall–Kier alpha value is -1.61. The van der Waals surface area contributed by atoms with Crippen molar-refractivity contribution in [2.75, 3.05) is 24.7 Å². The molecule has 0 bridgehead atoms. The SMILES string of the molecule is COc1cccc(SCCNc2ccccc2C)c1. The molecular formula is C16H19NOS. The third kappa shape index (κ3) is 4.21. The lowest BCUT2D eigenvalue weighted by Gasteiger charge is -2.09. The fraction of sp³-hybridized carbons (Fsp3) is 0.250. The number of rotatable bonds is 6. The second-order valence-electron chi connectivity index (χ2n) is 4.27. The molecule has 3 heteroatoms. The van der Waals surface area contributed by atoms with Crippen molar-refractivity contribution in [2.24, 2.45) is 0 Å². The summed E-state index contributed by atoms with van der Waals surface area (Å²) in [4.78, 5) is 1.24. The molecule has 2 aromatic rings. The monoisotopic (exact) mass is 273 g/mol.